The lowest BCUT2D eigenvalue weighted by molar-refractivity contribution is -0.142. The predicted molar refractivity (Wildman–Crippen MR) is 101 cm³/mol. The maximum Gasteiger partial charge on any atom is 0.311 e. The van der Waals surface area contributed by atoms with Gasteiger partial charge in [-0.3, -0.25) is 9.59 Å². The van der Waals surface area contributed by atoms with Crippen LogP contribution in [0.15, 0.2) is 35.7 Å². The fraction of sp³-hybridized carbons (Fsp3) is 0.353. The highest BCUT2D eigenvalue weighted by Gasteiger charge is 2.23. The first kappa shape index (κ1) is 21.1. The van der Waals surface area contributed by atoms with Crippen molar-refractivity contribution < 1.29 is 14.3 Å². The number of amides is 1. The van der Waals surface area contributed by atoms with E-state index in [9.17, 15) is 9.59 Å². The molecule has 0 spiro atoms. The molecular formula is C17H22ClN3O3S. The van der Waals surface area contributed by atoms with Crippen LogP contribution in [0.25, 0.3) is 0 Å². The van der Waals surface area contributed by atoms with Crippen molar-refractivity contribution in [2.75, 3.05) is 11.9 Å². The molecule has 8 heteroatoms. The normalized spacial score (nSPS) is 12.6. The summed E-state index contributed by atoms with van der Waals surface area (Å²) in [6.45, 7) is 3.86. The Morgan fingerprint density at radius 1 is 1.32 bits per heavy atom. The minimum Gasteiger partial charge on any atom is -0.466 e. The lowest BCUT2D eigenvalue weighted by Crippen LogP contribution is -2.30. The smallest absolute Gasteiger partial charge is 0.311 e. The number of carbonyl (C=O) groups is 2. The molecule has 0 fully saturated rings. The molecule has 1 aromatic heterocycles. The van der Waals surface area contributed by atoms with Crippen LogP contribution in [0.3, 0.4) is 0 Å². The van der Waals surface area contributed by atoms with Crippen LogP contribution in [0, 0.1) is 5.92 Å². The lowest BCUT2D eigenvalue weighted by Gasteiger charge is -2.19. The van der Waals surface area contributed by atoms with Crippen molar-refractivity contribution in [2.24, 2.45) is 11.7 Å². The van der Waals surface area contributed by atoms with Crippen LogP contribution in [-0.4, -0.2) is 23.5 Å². The molecule has 3 N–H and O–H groups in total. The molecule has 2 unspecified atom stereocenters. The average Bonchev–Trinajstić information content (AvgIpc) is 3.01. The van der Waals surface area contributed by atoms with Gasteiger partial charge >= 0.3 is 5.97 Å². The Bertz CT molecular complexity index is 693. The summed E-state index contributed by atoms with van der Waals surface area (Å²) >= 11 is 1.27. The van der Waals surface area contributed by atoms with Crippen LogP contribution in [-0.2, 0) is 20.7 Å². The second kappa shape index (κ2) is 10.1. The number of thiazole rings is 1. The maximum atomic E-state index is 12.3. The maximum absolute atomic E-state index is 12.3. The Morgan fingerprint density at radius 3 is 2.64 bits per heavy atom. The van der Waals surface area contributed by atoms with Gasteiger partial charge in [-0.15, -0.1) is 23.7 Å². The van der Waals surface area contributed by atoms with E-state index < -0.39 is 12.0 Å². The van der Waals surface area contributed by atoms with E-state index in [2.05, 4.69) is 10.3 Å². The van der Waals surface area contributed by atoms with Gasteiger partial charge in [0, 0.05) is 11.4 Å². The van der Waals surface area contributed by atoms with E-state index in [0.29, 0.717) is 17.4 Å². The minimum absolute atomic E-state index is 0. The number of aromatic nitrogens is 1. The molecule has 0 aliphatic rings. The molecule has 1 aromatic carbocycles. The van der Waals surface area contributed by atoms with Crippen LogP contribution >= 0.6 is 23.7 Å². The van der Waals surface area contributed by atoms with Crippen LogP contribution in [0.4, 0.5) is 5.13 Å². The van der Waals surface area contributed by atoms with Crippen LogP contribution in [0.2, 0.25) is 0 Å². The number of halogens is 1. The molecule has 136 valence electrons. The number of esters is 1. The van der Waals surface area contributed by atoms with Gasteiger partial charge in [0.25, 0.3) is 0 Å². The van der Waals surface area contributed by atoms with Gasteiger partial charge in [0.15, 0.2) is 5.13 Å². The fourth-order valence-electron chi connectivity index (χ4n) is 2.15. The fourth-order valence-corrected chi connectivity index (χ4v) is 2.86. The van der Waals surface area contributed by atoms with Crippen LogP contribution < -0.4 is 11.1 Å². The zero-order valence-corrected chi connectivity index (χ0v) is 15.7. The molecule has 1 amide bonds. The minimum atomic E-state index is -0.412. The summed E-state index contributed by atoms with van der Waals surface area (Å²) in [5, 5.41) is 4.94. The monoisotopic (exact) mass is 383 g/mol. The van der Waals surface area contributed by atoms with Crippen molar-refractivity contribution in [1.82, 2.24) is 4.98 Å². The zero-order valence-electron chi connectivity index (χ0n) is 14.1. The van der Waals surface area contributed by atoms with E-state index >= 15 is 0 Å². The van der Waals surface area contributed by atoms with Gasteiger partial charge in [-0.05, 0) is 12.5 Å². The Labute approximate surface area is 157 Å². The van der Waals surface area contributed by atoms with E-state index in [1.807, 2.05) is 30.3 Å². The molecule has 2 aromatic rings. The van der Waals surface area contributed by atoms with Crippen molar-refractivity contribution in [3.05, 3.63) is 47.0 Å². The van der Waals surface area contributed by atoms with Gasteiger partial charge in [-0.25, -0.2) is 4.98 Å². The Kier molecular flexibility index (Phi) is 8.54. The molecule has 0 radical (unpaired) electrons. The first-order valence-corrected chi connectivity index (χ1v) is 8.60. The first-order valence-electron chi connectivity index (χ1n) is 7.72. The average molecular weight is 384 g/mol. The molecule has 25 heavy (non-hydrogen) atoms. The number of hydrogen-bond donors (Lipinski definition) is 2. The number of nitrogens with two attached hydrogens (primary N) is 1. The van der Waals surface area contributed by atoms with Gasteiger partial charge in [-0.1, -0.05) is 37.3 Å². The standard InChI is InChI=1S/C17H21N3O3S.ClH/c1-3-23-14(21)9-13-10-24-17(19-13)20-16(22)11(2)15(18)12-7-5-4-6-8-12;/h4-8,10-11,15H,3,9,18H2,1-2H3,(H,19,20,22);1H. The summed E-state index contributed by atoms with van der Waals surface area (Å²) < 4.78 is 4.88. The van der Waals surface area contributed by atoms with Crippen LogP contribution in [0.5, 0.6) is 0 Å². The number of ether oxygens (including phenoxy) is 1. The lowest BCUT2D eigenvalue weighted by atomic mass is 9.95. The first-order chi connectivity index (χ1) is 11.5. The van der Waals surface area contributed by atoms with E-state index in [1.165, 1.54) is 11.3 Å². The van der Waals surface area contributed by atoms with E-state index in [0.717, 1.165) is 5.56 Å². The van der Waals surface area contributed by atoms with E-state index in [4.69, 9.17) is 10.5 Å². The van der Waals surface area contributed by atoms with Gasteiger partial charge in [0.05, 0.1) is 24.6 Å². The van der Waals surface area contributed by atoms with Gasteiger partial charge in [0.2, 0.25) is 5.91 Å². The highest BCUT2D eigenvalue weighted by atomic mass is 35.5. The molecule has 2 atom stereocenters. The number of nitrogens with zero attached hydrogens (tertiary/aromatic N) is 1. The number of anilines is 1. The summed E-state index contributed by atoms with van der Waals surface area (Å²) in [5.41, 5.74) is 7.64. The van der Waals surface area contributed by atoms with Crippen molar-refractivity contribution in [1.29, 1.82) is 0 Å². The highest BCUT2D eigenvalue weighted by Crippen LogP contribution is 2.22. The number of nitrogens with one attached hydrogen (secondary N) is 1. The summed E-state index contributed by atoms with van der Waals surface area (Å²) in [4.78, 5) is 28.0. The highest BCUT2D eigenvalue weighted by molar-refractivity contribution is 7.13. The summed E-state index contributed by atoms with van der Waals surface area (Å²) in [5.74, 6) is -0.951. The number of benzene rings is 1. The third-order valence-corrected chi connectivity index (χ3v) is 4.36. The molecule has 0 bridgehead atoms. The van der Waals surface area contributed by atoms with Gasteiger partial charge in [-0.2, -0.15) is 0 Å². The van der Waals surface area contributed by atoms with Gasteiger partial charge < -0.3 is 15.8 Å². The number of rotatable bonds is 7. The Balaban J connectivity index is 0.00000312. The predicted octanol–water partition coefficient (Wildman–Crippen LogP) is 2.95. The summed E-state index contributed by atoms with van der Waals surface area (Å²) in [7, 11) is 0. The second-order valence-corrected chi connectivity index (χ2v) is 6.20. The van der Waals surface area contributed by atoms with Gasteiger partial charge in [0.1, 0.15) is 0 Å². The number of carbonyl (C=O) groups excluding carboxylic acids is 2. The summed E-state index contributed by atoms with van der Waals surface area (Å²) in [6, 6.07) is 9.08. The van der Waals surface area contributed by atoms with E-state index in [-0.39, 0.29) is 30.7 Å². The third-order valence-electron chi connectivity index (χ3n) is 3.55. The largest absolute Gasteiger partial charge is 0.466 e. The quantitative estimate of drug-likeness (QED) is 0.717. The molecular weight excluding hydrogens is 362 g/mol. The third kappa shape index (κ3) is 6.12. The summed E-state index contributed by atoms with van der Waals surface area (Å²) in [6.07, 6.45) is 0.0965. The van der Waals surface area contributed by atoms with Crippen LogP contribution in [0.1, 0.15) is 31.1 Å². The van der Waals surface area contributed by atoms with Crippen molar-refractivity contribution >= 4 is 40.8 Å². The topological polar surface area (TPSA) is 94.3 Å². The van der Waals surface area contributed by atoms with Crippen molar-refractivity contribution in [3.8, 4) is 0 Å². The second-order valence-electron chi connectivity index (χ2n) is 5.34. The Morgan fingerprint density at radius 2 is 2.00 bits per heavy atom. The number of hydrogen-bond acceptors (Lipinski definition) is 6. The SMILES string of the molecule is CCOC(=O)Cc1csc(NC(=O)C(C)C(N)c2ccccc2)n1.Cl. The molecule has 0 aliphatic heterocycles. The molecule has 0 aliphatic carbocycles. The molecule has 0 saturated heterocycles. The van der Waals surface area contributed by atoms with Crippen molar-refractivity contribution in [2.45, 2.75) is 26.3 Å². The Hall–Kier alpha value is -1.96. The van der Waals surface area contributed by atoms with E-state index in [1.54, 1.807) is 19.2 Å². The molecule has 2 rings (SSSR count). The van der Waals surface area contributed by atoms with Crippen molar-refractivity contribution in [3.63, 3.8) is 0 Å². The molecule has 6 nitrogen and oxygen atoms in total. The zero-order chi connectivity index (χ0) is 17.5. The molecule has 1 heterocycles. The molecule has 0 saturated carbocycles.